The zero-order valence-corrected chi connectivity index (χ0v) is 9.99. The molecule has 0 heterocycles. The third-order valence-corrected chi connectivity index (χ3v) is 2.39. The maximum Gasteiger partial charge on any atom is 0.339 e. The van der Waals surface area contributed by atoms with Gasteiger partial charge in [0.25, 0.3) is 0 Å². The minimum absolute atomic E-state index is 0.0462. The standard InChI is InChI=1S/C13H18O3/c1-4-5-10(3)16-12-8-9(2)6-7-11(12)13(14)15/h6-8,10H,4-5H2,1-3H3,(H,14,15). The first-order valence-corrected chi connectivity index (χ1v) is 5.55. The normalized spacial score (nSPS) is 12.2. The number of hydrogen-bond donors (Lipinski definition) is 1. The summed E-state index contributed by atoms with van der Waals surface area (Å²) in [5.41, 5.74) is 1.23. The Morgan fingerprint density at radius 3 is 2.75 bits per heavy atom. The molecule has 1 atom stereocenters. The first-order chi connectivity index (χ1) is 7.54. The highest BCUT2D eigenvalue weighted by atomic mass is 16.5. The molecule has 3 heteroatoms. The van der Waals surface area contributed by atoms with Crippen LogP contribution in [-0.2, 0) is 0 Å². The van der Waals surface area contributed by atoms with Crippen LogP contribution >= 0.6 is 0 Å². The van der Waals surface area contributed by atoms with E-state index in [4.69, 9.17) is 9.84 Å². The van der Waals surface area contributed by atoms with Gasteiger partial charge in [0, 0.05) is 0 Å². The van der Waals surface area contributed by atoms with Crippen LogP contribution in [-0.4, -0.2) is 17.2 Å². The van der Waals surface area contributed by atoms with Crippen molar-refractivity contribution in [3.05, 3.63) is 29.3 Å². The van der Waals surface area contributed by atoms with Crippen LogP contribution in [0.4, 0.5) is 0 Å². The smallest absolute Gasteiger partial charge is 0.339 e. The summed E-state index contributed by atoms with van der Waals surface area (Å²) >= 11 is 0. The molecule has 1 rings (SSSR count). The van der Waals surface area contributed by atoms with Crippen molar-refractivity contribution in [3.63, 3.8) is 0 Å². The lowest BCUT2D eigenvalue weighted by Crippen LogP contribution is -2.13. The fraction of sp³-hybridized carbons (Fsp3) is 0.462. The van der Waals surface area contributed by atoms with Crippen molar-refractivity contribution < 1.29 is 14.6 Å². The van der Waals surface area contributed by atoms with Gasteiger partial charge < -0.3 is 9.84 Å². The second kappa shape index (κ2) is 5.54. The van der Waals surface area contributed by atoms with E-state index in [0.29, 0.717) is 5.75 Å². The average Bonchev–Trinajstić information content (AvgIpc) is 2.17. The molecule has 0 aliphatic rings. The van der Waals surface area contributed by atoms with Gasteiger partial charge in [0.05, 0.1) is 6.10 Å². The summed E-state index contributed by atoms with van der Waals surface area (Å²) in [6.45, 7) is 5.95. The maximum absolute atomic E-state index is 11.0. The Morgan fingerprint density at radius 2 is 2.19 bits per heavy atom. The lowest BCUT2D eigenvalue weighted by Gasteiger charge is -2.16. The number of carbonyl (C=O) groups is 1. The molecule has 0 saturated carbocycles. The Morgan fingerprint density at radius 1 is 1.50 bits per heavy atom. The van der Waals surface area contributed by atoms with Crippen molar-refractivity contribution in [2.75, 3.05) is 0 Å². The molecule has 0 radical (unpaired) electrons. The molecule has 88 valence electrons. The van der Waals surface area contributed by atoms with Crippen LogP contribution in [0.15, 0.2) is 18.2 Å². The topological polar surface area (TPSA) is 46.5 Å². The van der Waals surface area contributed by atoms with E-state index >= 15 is 0 Å². The molecular formula is C13H18O3. The third-order valence-electron chi connectivity index (χ3n) is 2.39. The summed E-state index contributed by atoms with van der Waals surface area (Å²) in [5, 5.41) is 9.02. The molecule has 0 saturated heterocycles. The highest BCUT2D eigenvalue weighted by Crippen LogP contribution is 2.22. The molecule has 1 N–H and O–H groups in total. The Hall–Kier alpha value is -1.51. The van der Waals surface area contributed by atoms with Crippen LogP contribution in [0.25, 0.3) is 0 Å². The Balaban J connectivity index is 2.92. The van der Waals surface area contributed by atoms with Crippen LogP contribution in [0.1, 0.15) is 42.6 Å². The lowest BCUT2D eigenvalue weighted by atomic mass is 10.1. The molecule has 0 aliphatic heterocycles. The second-order valence-corrected chi connectivity index (χ2v) is 4.02. The van der Waals surface area contributed by atoms with Gasteiger partial charge in [-0.3, -0.25) is 0 Å². The van der Waals surface area contributed by atoms with E-state index in [0.717, 1.165) is 18.4 Å². The number of carboxylic acid groups (broad SMARTS) is 1. The molecule has 16 heavy (non-hydrogen) atoms. The fourth-order valence-electron chi connectivity index (χ4n) is 1.59. The predicted molar refractivity (Wildman–Crippen MR) is 63.1 cm³/mol. The zero-order chi connectivity index (χ0) is 12.1. The largest absolute Gasteiger partial charge is 0.490 e. The fourth-order valence-corrected chi connectivity index (χ4v) is 1.59. The van der Waals surface area contributed by atoms with Crippen molar-refractivity contribution in [2.24, 2.45) is 0 Å². The van der Waals surface area contributed by atoms with E-state index in [1.54, 1.807) is 18.2 Å². The van der Waals surface area contributed by atoms with Crippen LogP contribution in [0.3, 0.4) is 0 Å². The molecule has 0 spiro atoms. The van der Waals surface area contributed by atoms with Crippen molar-refractivity contribution >= 4 is 5.97 Å². The first kappa shape index (κ1) is 12.6. The van der Waals surface area contributed by atoms with Gasteiger partial charge in [0.1, 0.15) is 11.3 Å². The van der Waals surface area contributed by atoms with Gasteiger partial charge in [0.2, 0.25) is 0 Å². The van der Waals surface area contributed by atoms with E-state index in [9.17, 15) is 4.79 Å². The molecule has 0 aromatic heterocycles. The second-order valence-electron chi connectivity index (χ2n) is 4.02. The van der Waals surface area contributed by atoms with Crippen molar-refractivity contribution in [2.45, 2.75) is 39.7 Å². The van der Waals surface area contributed by atoms with Crippen LogP contribution in [0.5, 0.6) is 5.75 Å². The van der Waals surface area contributed by atoms with E-state index in [2.05, 4.69) is 6.92 Å². The van der Waals surface area contributed by atoms with Crippen LogP contribution < -0.4 is 4.74 Å². The Labute approximate surface area is 96.1 Å². The molecule has 0 aliphatic carbocycles. The van der Waals surface area contributed by atoms with Gasteiger partial charge in [-0.05, 0) is 38.0 Å². The summed E-state index contributed by atoms with van der Waals surface area (Å²) in [6.07, 6.45) is 1.99. The summed E-state index contributed by atoms with van der Waals surface area (Å²) < 4.78 is 5.65. The summed E-state index contributed by atoms with van der Waals surface area (Å²) in [7, 11) is 0. The van der Waals surface area contributed by atoms with Gasteiger partial charge in [0.15, 0.2) is 0 Å². The third kappa shape index (κ3) is 3.26. The van der Waals surface area contributed by atoms with Crippen molar-refractivity contribution in [3.8, 4) is 5.75 Å². The van der Waals surface area contributed by atoms with E-state index in [1.165, 1.54) is 0 Å². The minimum atomic E-state index is -0.946. The molecule has 1 unspecified atom stereocenters. The molecule has 3 nitrogen and oxygen atoms in total. The number of aromatic carboxylic acids is 1. The van der Waals surface area contributed by atoms with E-state index in [1.807, 2.05) is 13.8 Å². The lowest BCUT2D eigenvalue weighted by molar-refractivity contribution is 0.0689. The first-order valence-electron chi connectivity index (χ1n) is 5.55. The van der Waals surface area contributed by atoms with Crippen LogP contribution in [0, 0.1) is 6.92 Å². The number of carboxylic acids is 1. The number of aryl methyl sites for hydroxylation is 1. The van der Waals surface area contributed by atoms with Gasteiger partial charge in [-0.15, -0.1) is 0 Å². The van der Waals surface area contributed by atoms with Gasteiger partial charge in [-0.1, -0.05) is 19.4 Å². The number of hydrogen-bond acceptors (Lipinski definition) is 2. The van der Waals surface area contributed by atoms with E-state index < -0.39 is 5.97 Å². The predicted octanol–water partition coefficient (Wildman–Crippen LogP) is 3.26. The molecule has 0 amide bonds. The average molecular weight is 222 g/mol. The monoisotopic (exact) mass is 222 g/mol. The van der Waals surface area contributed by atoms with Gasteiger partial charge >= 0.3 is 5.97 Å². The highest BCUT2D eigenvalue weighted by Gasteiger charge is 2.13. The Kier molecular flexibility index (Phi) is 4.35. The molecule has 1 aromatic carbocycles. The number of ether oxygens (including phenoxy) is 1. The van der Waals surface area contributed by atoms with Crippen LogP contribution in [0.2, 0.25) is 0 Å². The molecule has 0 fully saturated rings. The number of benzene rings is 1. The Bertz CT molecular complexity index is 371. The number of rotatable bonds is 5. The SMILES string of the molecule is CCCC(C)Oc1cc(C)ccc1C(=O)O. The molecule has 0 bridgehead atoms. The van der Waals surface area contributed by atoms with Gasteiger partial charge in [-0.25, -0.2) is 4.79 Å². The summed E-state index contributed by atoms with van der Waals surface area (Å²) in [5.74, 6) is -0.479. The van der Waals surface area contributed by atoms with Crippen molar-refractivity contribution in [1.29, 1.82) is 0 Å². The molecular weight excluding hydrogens is 204 g/mol. The summed E-state index contributed by atoms with van der Waals surface area (Å²) in [6, 6.07) is 5.14. The maximum atomic E-state index is 11.0. The molecule has 1 aromatic rings. The zero-order valence-electron chi connectivity index (χ0n) is 9.99. The van der Waals surface area contributed by atoms with Crippen molar-refractivity contribution in [1.82, 2.24) is 0 Å². The quantitative estimate of drug-likeness (QED) is 0.831. The van der Waals surface area contributed by atoms with Gasteiger partial charge in [-0.2, -0.15) is 0 Å². The highest BCUT2D eigenvalue weighted by molar-refractivity contribution is 5.90. The summed E-state index contributed by atoms with van der Waals surface area (Å²) in [4.78, 5) is 11.0. The minimum Gasteiger partial charge on any atom is -0.490 e. The van der Waals surface area contributed by atoms with E-state index in [-0.39, 0.29) is 11.7 Å².